The number of benzene rings is 3. The molecule has 156 valence electrons. The Labute approximate surface area is 178 Å². The Balaban J connectivity index is 1.98. The molecule has 6 heteroatoms. The summed E-state index contributed by atoms with van der Waals surface area (Å²) in [7, 11) is -3.93. The molecule has 0 unspecified atom stereocenters. The molecule has 0 atom stereocenters. The molecule has 0 fully saturated rings. The molecule has 30 heavy (non-hydrogen) atoms. The maximum atomic E-state index is 13.5. The molecule has 0 bridgehead atoms. The first-order chi connectivity index (χ1) is 14.2. The zero-order valence-corrected chi connectivity index (χ0v) is 18.5. The summed E-state index contributed by atoms with van der Waals surface area (Å²) in [5.41, 5.74) is 4.90. The lowest BCUT2D eigenvalue weighted by molar-refractivity contribution is -0.114. The lowest BCUT2D eigenvalue weighted by atomic mass is 10.1. The SMILES string of the molecule is Cc1ccc(S(=O)(=O)N(CC(=O)Nc2cccc(C)c2C)c2ccccc2C)cc1. The van der Waals surface area contributed by atoms with Gasteiger partial charge in [0.1, 0.15) is 6.54 Å². The van der Waals surface area contributed by atoms with Crippen LogP contribution in [0.5, 0.6) is 0 Å². The van der Waals surface area contributed by atoms with E-state index in [0.29, 0.717) is 11.4 Å². The van der Waals surface area contributed by atoms with E-state index < -0.39 is 15.9 Å². The minimum atomic E-state index is -3.93. The molecule has 1 amide bonds. The number of nitrogens with one attached hydrogen (secondary N) is 1. The van der Waals surface area contributed by atoms with Crippen molar-refractivity contribution in [3.8, 4) is 0 Å². The average molecular weight is 423 g/mol. The van der Waals surface area contributed by atoms with E-state index >= 15 is 0 Å². The number of hydrogen-bond donors (Lipinski definition) is 1. The van der Waals surface area contributed by atoms with Gasteiger partial charge in [0.25, 0.3) is 10.0 Å². The molecule has 3 aromatic carbocycles. The summed E-state index contributed by atoms with van der Waals surface area (Å²) in [6.07, 6.45) is 0. The van der Waals surface area contributed by atoms with E-state index in [1.807, 2.05) is 58.0 Å². The normalized spacial score (nSPS) is 11.2. The van der Waals surface area contributed by atoms with Gasteiger partial charge in [-0.2, -0.15) is 0 Å². The fourth-order valence-electron chi connectivity index (χ4n) is 3.19. The van der Waals surface area contributed by atoms with Crippen molar-refractivity contribution in [1.29, 1.82) is 0 Å². The first-order valence-corrected chi connectivity index (χ1v) is 11.2. The van der Waals surface area contributed by atoms with Gasteiger partial charge in [-0.05, 0) is 68.7 Å². The Bertz CT molecular complexity index is 1170. The third-order valence-electron chi connectivity index (χ3n) is 5.16. The molecule has 5 nitrogen and oxygen atoms in total. The Hall–Kier alpha value is -3.12. The van der Waals surface area contributed by atoms with Gasteiger partial charge in [-0.15, -0.1) is 0 Å². The van der Waals surface area contributed by atoms with Crippen LogP contribution in [0.1, 0.15) is 22.3 Å². The first-order valence-electron chi connectivity index (χ1n) is 9.71. The summed E-state index contributed by atoms with van der Waals surface area (Å²) in [6.45, 7) is 7.29. The van der Waals surface area contributed by atoms with Crippen LogP contribution in [0.2, 0.25) is 0 Å². The molecule has 0 heterocycles. The second-order valence-corrected chi connectivity index (χ2v) is 9.27. The standard InChI is InChI=1S/C24H26N2O3S/c1-17-12-14-21(15-13-17)30(28,29)26(23-11-6-5-8-19(23)3)16-24(27)25-22-10-7-9-18(2)20(22)4/h5-15H,16H2,1-4H3,(H,25,27). The fraction of sp³-hybridized carbons (Fsp3) is 0.208. The third kappa shape index (κ3) is 4.54. The zero-order valence-electron chi connectivity index (χ0n) is 17.6. The summed E-state index contributed by atoms with van der Waals surface area (Å²) in [4.78, 5) is 13.0. The monoisotopic (exact) mass is 422 g/mol. The number of para-hydroxylation sites is 1. The molecule has 0 radical (unpaired) electrons. The van der Waals surface area contributed by atoms with Gasteiger partial charge in [-0.25, -0.2) is 8.42 Å². The van der Waals surface area contributed by atoms with E-state index in [0.717, 1.165) is 22.3 Å². The first kappa shape index (κ1) is 21.6. The van der Waals surface area contributed by atoms with Crippen LogP contribution in [0.4, 0.5) is 11.4 Å². The van der Waals surface area contributed by atoms with Crippen molar-refractivity contribution >= 4 is 27.3 Å². The van der Waals surface area contributed by atoms with Crippen molar-refractivity contribution in [2.45, 2.75) is 32.6 Å². The molecule has 3 aromatic rings. The Kier molecular flexibility index (Phi) is 6.27. The molecule has 0 aliphatic carbocycles. The van der Waals surface area contributed by atoms with Crippen molar-refractivity contribution in [2.75, 3.05) is 16.2 Å². The fourth-order valence-corrected chi connectivity index (χ4v) is 4.67. The van der Waals surface area contributed by atoms with E-state index in [9.17, 15) is 13.2 Å². The van der Waals surface area contributed by atoms with Gasteiger partial charge in [0, 0.05) is 5.69 Å². The van der Waals surface area contributed by atoms with Crippen LogP contribution in [0.3, 0.4) is 0 Å². The number of aryl methyl sites for hydroxylation is 3. The number of rotatable bonds is 6. The highest BCUT2D eigenvalue weighted by atomic mass is 32.2. The van der Waals surface area contributed by atoms with Gasteiger partial charge < -0.3 is 5.32 Å². The quantitative estimate of drug-likeness (QED) is 0.623. The number of nitrogens with zero attached hydrogens (tertiary/aromatic N) is 1. The topological polar surface area (TPSA) is 66.5 Å². The predicted molar refractivity (Wildman–Crippen MR) is 121 cm³/mol. The summed E-state index contributed by atoms with van der Waals surface area (Å²) in [5.74, 6) is -0.400. The minimum absolute atomic E-state index is 0.149. The van der Waals surface area contributed by atoms with E-state index in [2.05, 4.69) is 5.32 Å². The molecule has 0 aliphatic heterocycles. The Morgan fingerprint density at radius 1 is 0.833 bits per heavy atom. The maximum Gasteiger partial charge on any atom is 0.264 e. The van der Waals surface area contributed by atoms with Crippen molar-refractivity contribution < 1.29 is 13.2 Å². The maximum absolute atomic E-state index is 13.5. The van der Waals surface area contributed by atoms with Crippen LogP contribution in [0, 0.1) is 27.7 Å². The molecular formula is C24H26N2O3S. The largest absolute Gasteiger partial charge is 0.324 e. The smallest absolute Gasteiger partial charge is 0.264 e. The summed E-state index contributed by atoms with van der Waals surface area (Å²) < 4.78 is 28.1. The third-order valence-corrected chi connectivity index (χ3v) is 6.93. The number of anilines is 2. The molecule has 0 saturated carbocycles. The number of carbonyl (C=O) groups is 1. The molecule has 0 saturated heterocycles. The Morgan fingerprint density at radius 2 is 1.47 bits per heavy atom. The summed E-state index contributed by atoms with van der Waals surface area (Å²) in [6, 6.07) is 19.4. The van der Waals surface area contributed by atoms with Crippen molar-refractivity contribution in [3.63, 3.8) is 0 Å². The molecule has 0 spiro atoms. The van der Waals surface area contributed by atoms with E-state index in [1.165, 1.54) is 4.31 Å². The van der Waals surface area contributed by atoms with Gasteiger partial charge in [0.05, 0.1) is 10.6 Å². The lowest BCUT2D eigenvalue weighted by Crippen LogP contribution is -2.38. The van der Waals surface area contributed by atoms with Gasteiger partial charge in [-0.3, -0.25) is 9.10 Å². The zero-order chi connectivity index (χ0) is 21.9. The summed E-state index contributed by atoms with van der Waals surface area (Å²) in [5, 5.41) is 2.86. The van der Waals surface area contributed by atoms with Crippen LogP contribution in [-0.2, 0) is 14.8 Å². The van der Waals surface area contributed by atoms with Crippen molar-refractivity contribution in [3.05, 3.63) is 89.0 Å². The second kappa shape index (κ2) is 8.71. The predicted octanol–water partition coefficient (Wildman–Crippen LogP) is 4.75. The highest BCUT2D eigenvalue weighted by Crippen LogP contribution is 2.27. The van der Waals surface area contributed by atoms with Crippen LogP contribution in [0.25, 0.3) is 0 Å². The number of sulfonamides is 1. The van der Waals surface area contributed by atoms with Gasteiger partial charge in [-0.1, -0.05) is 48.0 Å². The average Bonchev–Trinajstić information content (AvgIpc) is 2.70. The van der Waals surface area contributed by atoms with E-state index in [1.54, 1.807) is 36.4 Å². The van der Waals surface area contributed by atoms with Gasteiger partial charge in [0.2, 0.25) is 5.91 Å². The summed E-state index contributed by atoms with van der Waals surface area (Å²) >= 11 is 0. The number of amides is 1. The highest BCUT2D eigenvalue weighted by Gasteiger charge is 2.28. The molecule has 3 rings (SSSR count). The number of carbonyl (C=O) groups excluding carboxylic acids is 1. The van der Waals surface area contributed by atoms with Crippen molar-refractivity contribution in [2.24, 2.45) is 0 Å². The number of hydrogen-bond acceptors (Lipinski definition) is 3. The lowest BCUT2D eigenvalue weighted by Gasteiger charge is -2.26. The molecule has 0 aliphatic rings. The second-order valence-electron chi connectivity index (χ2n) is 7.41. The molecular weight excluding hydrogens is 396 g/mol. The van der Waals surface area contributed by atoms with Crippen LogP contribution >= 0.6 is 0 Å². The van der Waals surface area contributed by atoms with Gasteiger partial charge in [0.15, 0.2) is 0 Å². The van der Waals surface area contributed by atoms with Crippen LogP contribution < -0.4 is 9.62 Å². The minimum Gasteiger partial charge on any atom is -0.324 e. The van der Waals surface area contributed by atoms with Gasteiger partial charge >= 0.3 is 0 Å². The highest BCUT2D eigenvalue weighted by molar-refractivity contribution is 7.92. The van der Waals surface area contributed by atoms with Crippen molar-refractivity contribution in [1.82, 2.24) is 0 Å². The Morgan fingerprint density at radius 3 is 2.13 bits per heavy atom. The van der Waals surface area contributed by atoms with E-state index in [4.69, 9.17) is 0 Å². The molecule has 1 N–H and O–H groups in total. The van der Waals surface area contributed by atoms with Crippen LogP contribution in [0.15, 0.2) is 71.6 Å². The molecule has 0 aromatic heterocycles. The van der Waals surface area contributed by atoms with Crippen LogP contribution in [-0.4, -0.2) is 20.9 Å². The van der Waals surface area contributed by atoms with E-state index in [-0.39, 0.29) is 11.4 Å².